The Balaban J connectivity index is 2.26. The van der Waals surface area contributed by atoms with Crippen molar-refractivity contribution < 1.29 is 9.53 Å². The summed E-state index contributed by atoms with van der Waals surface area (Å²) in [5.74, 6) is 1.12. The molecule has 0 N–H and O–H groups in total. The number of amides is 1. The van der Waals surface area contributed by atoms with Gasteiger partial charge in [-0.15, -0.1) is 0 Å². The first kappa shape index (κ1) is 21.6. The summed E-state index contributed by atoms with van der Waals surface area (Å²) in [5, 5.41) is 0.525. The monoisotopic (exact) mass is 407 g/mol. The van der Waals surface area contributed by atoms with Gasteiger partial charge in [0.25, 0.3) is 5.56 Å². The minimum absolute atomic E-state index is 0.0366. The van der Waals surface area contributed by atoms with Crippen LogP contribution in [0.1, 0.15) is 50.5 Å². The zero-order valence-electron chi connectivity index (χ0n) is 18.3. The number of hydrogen-bond acceptors (Lipinski definition) is 4. The average molecular weight is 408 g/mol. The molecular formula is C24H29N3O3. The Morgan fingerprint density at radius 3 is 2.67 bits per heavy atom. The zero-order chi connectivity index (χ0) is 21.8. The van der Waals surface area contributed by atoms with Gasteiger partial charge in [-0.2, -0.15) is 0 Å². The van der Waals surface area contributed by atoms with Crippen molar-refractivity contribution in [3.8, 4) is 11.4 Å². The molecule has 0 fully saturated rings. The lowest BCUT2D eigenvalue weighted by Crippen LogP contribution is -2.34. The molecule has 0 aliphatic carbocycles. The van der Waals surface area contributed by atoms with Crippen LogP contribution in [0.5, 0.6) is 5.75 Å². The number of aryl methyl sites for hydroxylation is 1. The van der Waals surface area contributed by atoms with Gasteiger partial charge in [-0.05, 0) is 50.1 Å². The molecule has 0 saturated heterocycles. The van der Waals surface area contributed by atoms with Gasteiger partial charge in [-0.3, -0.25) is 14.2 Å². The number of methoxy groups -OCH3 is 1. The number of aromatic nitrogens is 2. The predicted octanol–water partition coefficient (Wildman–Crippen LogP) is 4.41. The summed E-state index contributed by atoms with van der Waals surface area (Å²) in [6.07, 6.45) is 2.26. The molecule has 0 bridgehead atoms. The predicted molar refractivity (Wildman–Crippen MR) is 119 cm³/mol. The highest BCUT2D eigenvalue weighted by Gasteiger charge is 2.25. The van der Waals surface area contributed by atoms with E-state index in [-0.39, 0.29) is 11.5 Å². The van der Waals surface area contributed by atoms with E-state index < -0.39 is 6.04 Å². The normalized spacial score (nSPS) is 12.0. The fraction of sp³-hybridized carbons (Fsp3) is 0.375. The van der Waals surface area contributed by atoms with Crippen molar-refractivity contribution in [3.63, 3.8) is 0 Å². The molecule has 0 saturated carbocycles. The molecule has 30 heavy (non-hydrogen) atoms. The number of carbonyl (C=O) groups is 1. The summed E-state index contributed by atoms with van der Waals surface area (Å²) in [6, 6.07) is 12.6. The summed E-state index contributed by atoms with van der Waals surface area (Å²) in [7, 11) is 3.35. The van der Waals surface area contributed by atoms with Crippen LogP contribution in [0.25, 0.3) is 16.6 Å². The van der Waals surface area contributed by atoms with Crippen LogP contribution >= 0.6 is 0 Å². The van der Waals surface area contributed by atoms with Gasteiger partial charge in [0.1, 0.15) is 11.6 Å². The van der Waals surface area contributed by atoms with Gasteiger partial charge in [0, 0.05) is 13.5 Å². The van der Waals surface area contributed by atoms with Gasteiger partial charge in [-0.25, -0.2) is 4.98 Å². The summed E-state index contributed by atoms with van der Waals surface area (Å²) in [4.78, 5) is 32.7. The van der Waals surface area contributed by atoms with Crippen molar-refractivity contribution >= 4 is 16.8 Å². The second kappa shape index (κ2) is 9.11. The molecule has 1 aromatic heterocycles. The Labute approximate surface area is 177 Å². The molecule has 1 heterocycles. The van der Waals surface area contributed by atoms with Crippen LogP contribution in [0.3, 0.4) is 0 Å². The van der Waals surface area contributed by atoms with Crippen molar-refractivity contribution in [2.24, 2.45) is 0 Å². The third-order valence-corrected chi connectivity index (χ3v) is 5.47. The van der Waals surface area contributed by atoms with Crippen LogP contribution in [0.2, 0.25) is 0 Å². The third kappa shape index (κ3) is 4.08. The molecule has 0 aliphatic rings. The summed E-state index contributed by atoms with van der Waals surface area (Å²) in [6.45, 7) is 5.92. The Kier molecular flexibility index (Phi) is 6.55. The quantitative estimate of drug-likeness (QED) is 0.582. The molecular weight excluding hydrogens is 378 g/mol. The summed E-state index contributed by atoms with van der Waals surface area (Å²) >= 11 is 0. The highest BCUT2D eigenvalue weighted by Crippen LogP contribution is 2.28. The lowest BCUT2D eigenvalue weighted by atomic mass is 10.1. The van der Waals surface area contributed by atoms with Gasteiger partial charge in [-0.1, -0.05) is 31.5 Å². The molecule has 6 heteroatoms. The van der Waals surface area contributed by atoms with Gasteiger partial charge in [0.05, 0.1) is 29.7 Å². The Bertz CT molecular complexity index is 1120. The molecule has 1 atom stereocenters. The van der Waals surface area contributed by atoms with Gasteiger partial charge < -0.3 is 9.64 Å². The molecule has 3 aromatic rings. The first-order valence-corrected chi connectivity index (χ1v) is 10.3. The molecule has 2 aromatic carbocycles. The van der Waals surface area contributed by atoms with Crippen LogP contribution in [0, 0.1) is 6.92 Å². The first-order chi connectivity index (χ1) is 14.4. The number of fused-ring (bicyclic) bond motifs is 1. The number of nitrogens with zero attached hydrogens (tertiary/aromatic N) is 3. The summed E-state index contributed by atoms with van der Waals surface area (Å²) in [5.41, 5.74) is 2.05. The molecule has 3 rings (SSSR count). The van der Waals surface area contributed by atoms with Gasteiger partial charge in [0.2, 0.25) is 5.91 Å². The van der Waals surface area contributed by atoms with Crippen LogP contribution in [0.4, 0.5) is 0 Å². The van der Waals surface area contributed by atoms with Crippen molar-refractivity contribution in [2.75, 3.05) is 14.2 Å². The van der Waals surface area contributed by atoms with E-state index >= 15 is 0 Å². The van der Waals surface area contributed by atoms with Gasteiger partial charge in [0.15, 0.2) is 0 Å². The van der Waals surface area contributed by atoms with Crippen LogP contribution in [-0.4, -0.2) is 34.5 Å². The number of carbonyl (C=O) groups excluding carboxylic acids is 1. The average Bonchev–Trinajstić information content (AvgIpc) is 2.76. The molecule has 1 unspecified atom stereocenters. The van der Waals surface area contributed by atoms with E-state index in [0.29, 0.717) is 34.6 Å². The van der Waals surface area contributed by atoms with E-state index in [1.807, 2.05) is 50.2 Å². The first-order valence-electron chi connectivity index (χ1n) is 10.3. The number of hydrogen-bond donors (Lipinski definition) is 0. The number of para-hydroxylation sites is 1. The van der Waals surface area contributed by atoms with E-state index in [1.54, 1.807) is 29.7 Å². The van der Waals surface area contributed by atoms with Gasteiger partial charge >= 0.3 is 0 Å². The Morgan fingerprint density at radius 1 is 1.23 bits per heavy atom. The largest absolute Gasteiger partial charge is 0.495 e. The standard InChI is InChI=1S/C24H29N3O3/c1-6-7-12-22(28)26(4)17(3)23-25-19-11-9-8-10-18(19)24(29)27(23)20-15-16(2)13-14-21(20)30-5/h8-11,13-15,17H,6-7,12H2,1-5H3. The molecule has 1 amide bonds. The second-order valence-corrected chi connectivity index (χ2v) is 7.59. The maximum atomic E-state index is 13.6. The maximum absolute atomic E-state index is 13.6. The zero-order valence-corrected chi connectivity index (χ0v) is 18.3. The van der Waals surface area contributed by atoms with E-state index in [9.17, 15) is 9.59 Å². The summed E-state index contributed by atoms with van der Waals surface area (Å²) < 4.78 is 7.14. The number of benzene rings is 2. The number of rotatable bonds is 7. The van der Waals surface area contributed by atoms with E-state index in [4.69, 9.17) is 9.72 Å². The van der Waals surface area contributed by atoms with Crippen LogP contribution in [0.15, 0.2) is 47.3 Å². The smallest absolute Gasteiger partial charge is 0.266 e. The topological polar surface area (TPSA) is 64.4 Å². The van der Waals surface area contributed by atoms with Crippen LogP contribution in [-0.2, 0) is 4.79 Å². The van der Waals surface area contributed by atoms with E-state index in [2.05, 4.69) is 6.92 Å². The fourth-order valence-corrected chi connectivity index (χ4v) is 3.53. The minimum atomic E-state index is -0.392. The van der Waals surface area contributed by atoms with Crippen molar-refractivity contribution in [3.05, 3.63) is 64.2 Å². The highest BCUT2D eigenvalue weighted by atomic mass is 16.5. The van der Waals surface area contributed by atoms with Crippen molar-refractivity contribution in [1.82, 2.24) is 14.5 Å². The van der Waals surface area contributed by atoms with E-state index in [1.165, 1.54) is 0 Å². The van der Waals surface area contributed by atoms with E-state index in [0.717, 1.165) is 18.4 Å². The molecule has 0 spiro atoms. The second-order valence-electron chi connectivity index (χ2n) is 7.59. The lowest BCUT2D eigenvalue weighted by Gasteiger charge is -2.27. The molecule has 158 valence electrons. The lowest BCUT2D eigenvalue weighted by molar-refractivity contribution is -0.132. The van der Waals surface area contributed by atoms with Crippen LogP contribution < -0.4 is 10.3 Å². The molecule has 0 radical (unpaired) electrons. The maximum Gasteiger partial charge on any atom is 0.266 e. The number of ether oxygens (including phenoxy) is 1. The molecule has 0 aliphatic heterocycles. The van der Waals surface area contributed by atoms with Crippen molar-refractivity contribution in [2.45, 2.75) is 46.1 Å². The SMILES string of the molecule is CCCCC(=O)N(C)C(C)c1nc2ccccc2c(=O)n1-c1cc(C)ccc1OC. The highest BCUT2D eigenvalue weighted by molar-refractivity contribution is 5.79. The Hall–Kier alpha value is -3.15. The third-order valence-electron chi connectivity index (χ3n) is 5.47. The minimum Gasteiger partial charge on any atom is -0.495 e. The fourth-order valence-electron chi connectivity index (χ4n) is 3.53. The molecule has 6 nitrogen and oxygen atoms in total. The number of unbranched alkanes of at least 4 members (excludes halogenated alkanes) is 1. The Morgan fingerprint density at radius 2 is 1.97 bits per heavy atom. The van der Waals surface area contributed by atoms with Crippen molar-refractivity contribution in [1.29, 1.82) is 0 Å².